The molecule has 0 amide bonds. The van der Waals surface area contributed by atoms with Crippen molar-refractivity contribution in [2.24, 2.45) is 5.11 Å². The van der Waals surface area contributed by atoms with Gasteiger partial charge in [0.15, 0.2) is 9.84 Å². The molecule has 0 aliphatic heterocycles. The topological polar surface area (TPSA) is 103 Å². The van der Waals surface area contributed by atoms with E-state index in [0.717, 1.165) is 12.8 Å². The van der Waals surface area contributed by atoms with Gasteiger partial charge < -0.3 is 5.11 Å². The normalized spacial score (nSPS) is 12.7. The van der Waals surface area contributed by atoms with Crippen molar-refractivity contribution in [2.45, 2.75) is 36.7 Å². The molecule has 6 nitrogen and oxygen atoms in total. The maximum absolute atomic E-state index is 12.0. The summed E-state index contributed by atoms with van der Waals surface area (Å²) in [5, 5.41) is 13.2. The van der Waals surface area contributed by atoms with Gasteiger partial charge in [-0.15, -0.1) is 0 Å². The highest BCUT2D eigenvalue weighted by atomic mass is 32.2. The molecule has 0 spiro atoms. The quantitative estimate of drug-likeness (QED) is 0.328. The van der Waals surface area contributed by atoms with E-state index in [1.54, 1.807) is 18.2 Å². The lowest BCUT2D eigenvalue weighted by atomic mass is 10.1. The highest BCUT2D eigenvalue weighted by Crippen LogP contribution is 2.14. The zero-order chi connectivity index (χ0) is 14.8. The summed E-state index contributed by atoms with van der Waals surface area (Å²) in [5.41, 5.74) is 8.10. The number of aliphatic hydroxyl groups excluding tert-OH is 1. The molecule has 20 heavy (non-hydrogen) atoms. The van der Waals surface area contributed by atoms with Crippen LogP contribution in [0.1, 0.15) is 25.7 Å². The summed E-state index contributed by atoms with van der Waals surface area (Å²) in [5.74, 6) is -0.257. The smallest absolute Gasteiger partial charge is 0.180 e. The zero-order valence-electron chi connectivity index (χ0n) is 11.2. The van der Waals surface area contributed by atoms with Crippen LogP contribution in [0.2, 0.25) is 0 Å². The maximum atomic E-state index is 12.0. The Morgan fingerprint density at radius 2 is 1.90 bits per heavy atom. The number of sulfone groups is 1. The van der Waals surface area contributed by atoms with Crippen LogP contribution in [-0.4, -0.2) is 31.9 Å². The molecule has 1 N–H and O–H groups in total. The lowest BCUT2D eigenvalue weighted by Crippen LogP contribution is -2.20. The molecule has 0 saturated carbocycles. The molecule has 0 aliphatic carbocycles. The van der Waals surface area contributed by atoms with E-state index < -0.39 is 15.9 Å². The van der Waals surface area contributed by atoms with Crippen molar-refractivity contribution in [2.75, 3.05) is 12.3 Å². The lowest BCUT2D eigenvalue weighted by molar-refractivity contribution is 0.183. The van der Waals surface area contributed by atoms with Crippen LogP contribution >= 0.6 is 0 Å². The second-order valence-electron chi connectivity index (χ2n) is 4.55. The molecule has 1 aromatic rings. The van der Waals surface area contributed by atoms with Crippen molar-refractivity contribution in [3.05, 3.63) is 40.8 Å². The van der Waals surface area contributed by atoms with Crippen molar-refractivity contribution in [1.82, 2.24) is 0 Å². The van der Waals surface area contributed by atoms with Crippen LogP contribution in [0.5, 0.6) is 0 Å². The summed E-state index contributed by atoms with van der Waals surface area (Å²) >= 11 is 0. The molecule has 0 saturated heterocycles. The van der Waals surface area contributed by atoms with E-state index in [1.165, 1.54) is 12.1 Å². The second-order valence-corrected chi connectivity index (χ2v) is 6.59. The first-order valence-electron chi connectivity index (χ1n) is 6.53. The summed E-state index contributed by atoms with van der Waals surface area (Å²) in [7, 11) is -3.43. The van der Waals surface area contributed by atoms with Crippen molar-refractivity contribution in [3.63, 3.8) is 0 Å². The number of hydrogen-bond acceptors (Lipinski definition) is 4. The average molecular weight is 297 g/mol. The largest absolute Gasteiger partial charge is 0.392 e. The van der Waals surface area contributed by atoms with Gasteiger partial charge in [-0.25, -0.2) is 8.42 Å². The van der Waals surface area contributed by atoms with Gasteiger partial charge in [0.25, 0.3) is 0 Å². The van der Waals surface area contributed by atoms with E-state index in [4.69, 9.17) is 5.53 Å². The molecule has 0 aliphatic rings. The third kappa shape index (κ3) is 6.06. The van der Waals surface area contributed by atoms with Crippen LogP contribution in [0.25, 0.3) is 10.4 Å². The molecule has 110 valence electrons. The highest BCUT2D eigenvalue weighted by Gasteiger charge is 2.18. The minimum absolute atomic E-state index is 0.238. The minimum Gasteiger partial charge on any atom is -0.392 e. The maximum Gasteiger partial charge on any atom is 0.180 e. The first-order chi connectivity index (χ1) is 9.56. The molecule has 7 heteroatoms. The summed E-state index contributed by atoms with van der Waals surface area (Å²) in [6.45, 7) is 0.439. The predicted octanol–water partition coefficient (Wildman–Crippen LogP) is 2.69. The van der Waals surface area contributed by atoms with Gasteiger partial charge in [0.2, 0.25) is 0 Å². The van der Waals surface area contributed by atoms with Gasteiger partial charge >= 0.3 is 0 Å². The molecule has 0 fully saturated rings. The fraction of sp³-hybridized carbons (Fsp3) is 0.538. The van der Waals surface area contributed by atoms with E-state index in [1.807, 2.05) is 0 Å². The van der Waals surface area contributed by atoms with Crippen LogP contribution < -0.4 is 0 Å². The predicted molar refractivity (Wildman–Crippen MR) is 77.0 cm³/mol. The van der Waals surface area contributed by atoms with Gasteiger partial charge in [-0.3, -0.25) is 0 Å². The number of nitrogens with zero attached hydrogens (tertiary/aromatic N) is 3. The Labute approximate surface area is 119 Å². The summed E-state index contributed by atoms with van der Waals surface area (Å²) < 4.78 is 24.0. The number of rotatable bonds is 9. The van der Waals surface area contributed by atoms with Crippen LogP contribution in [0.4, 0.5) is 0 Å². The Bertz CT molecular complexity index is 539. The standard InChI is InChI=1S/C13H19N3O3S/c14-16-15-10-6-2-3-7-12(17)11-20(18,19)13-8-4-1-5-9-13/h1,4-5,8-9,12,17H,2-3,6-7,10-11H2. The third-order valence-corrected chi connectivity index (χ3v) is 4.69. The Morgan fingerprint density at radius 3 is 2.55 bits per heavy atom. The fourth-order valence-electron chi connectivity index (χ4n) is 1.84. The molecule has 1 atom stereocenters. The molecule has 0 bridgehead atoms. The van der Waals surface area contributed by atoms with Crippen molar-refractivity contribution < 1.29 is 13.5 Å². The second kappa shape index (κ2) is 8.58. The Kier molecular flexibility index (Phi) is 7.08. The van der Waals surface area contributed by atoms with E-state index in [2.05, 4.69) is 10.0 Å². The molecule has 1 aromatic carbocycles. The van der Waals surface area contributed by atoms with E-state index >= 15 is 0 Å². The summed E-state index contributed by atoms with van der Waals surface area (Å²) in [4.78, 5) is 2.89. The van der Waals surface area contributed by atoms with Crippen LogP contribution in [0, 0.1) is 0 Å². The van der Waals surface area contributed by atoms with E-state index in [9.17, 15) is 13.5 Å². The van der Waals surface area contributed by atoms with E-state index in [-0.39, 0.29) is 10.6 Å². The molecule has 0 aromatic heterocycles. The highest BCUT2D eigenvalue weighted by molar-refractivity contribution is 7.91. The molecular weight excluding hydrogens is 278 g/mol. The van der Waals surface area contributed by atoms with Gasteiger partial charge in [0, 0.05) is 11.5 Å². The van der Waals surface area contributed by atoms with Gasteiger partial charge in [-0.2, -0.15) is 0 Å². The van der Waals surface area contributed by atoms with Gasteiger partial charge in [0.1, 0.15) is 0 Å². The van der Waals surface area contributed by atoms with Crippen molar-refractivity contribution in [1.29, 1.82) is 0 Å². The van der Waals surface area contributed by atoms with Gasteiger partial charge in [-0.05, 0) is 30.5 Å². The molecule has 0 radical (unpaired) electrons. The first-order valence-corrected chi connectivity index (χ1v) is 8.18. The summed E-state index contributed by atoms with van der Waals surface area (Å²) in [6.07, 6.45) is 1.85. The third-order valence-electron chi connectivity index (χ3n) is 2.87. The number of hydrogen-bond donors (Lipinski definition) is 1. The Hall–Kier alpha value is -1.56. The number of unbranched alkanes of at least 4 members (excludes halogenated alkanes) is 2. The van der Waals surface area contributed by atoms with Gasteiger partial charge in [-0.1, -0.05) is 36.2 Å². The SMILES string of the molecule is [N-]=[N+]=NCCCCCC(O)CS(=O)(=O)c1ccccc1. The Morgan fingerprint density at radius 1 is 1.20 bits per heavy atom. The van der Waals surface area contributed by atoms with Crippen molar-refractivity contribution >= 4 is 9.84 Å². The van der Waals surface area contributed by atoms with Crippen LogP contribution in [0.3, 0.4) is 0 Å². The van der Waals surface area contributed by atoms with Crippen molar-refractivity contribution in [3.8, 4) is 0 Å². The number of benzene rings is 1. The Balaban J connectivity index is 2.35. The summed E-state index contributed by atoms with van der Waals surface area (Å²) in [6, 6.07) is 8.13. The zero-order valence-corrected chi connectivity index (χ0v) is 12.0. The lowest BCUT2D eigenvalue weighted by Gasteiger charge is -2.11. The van der Waals surface area contributed by atoms with E-state index in [0.29, 0.717) is 19.4 Å². The van der Waals surface area contributed by atoms with Crippen LogP contribution in [0.15, 0.2) is 40.3 Å². The fourth-order valence-corrected chi connectivity index (χ4v) is 3.28. The molecule has 0 heterocycles. The minimum atomic E-state index is -3.43. The van der Waals surface area contributed by atoms with Gasteiger partial charge in [0.05, 0.1) is 16.8 Å². The molecule has 1 unspecified atom stereocenters. The molecular formula is C13H19N3O3S. The first kappa shape index (κ1) is 16.5. The average Bonchev–Trinajstić information content (AvgIpc) is 2.43. The number of aliphatic hydroxyl groups is 1. The number of azide groups is 1. The monoisotopic (exact) mass is 297 g/mol. The molecule has 1 rings (SSSR count). The van der Waals surface area contributed by atoms with Crippen LogP contribution in [-0.2, 0) is 9.84 Å².